The number of carbonyl (C=O) groups is 1. The summed E-state index contributed by atoms with van der Waals surface area (Å²) in [4.78, 5) is 13.2. The number of hydrogen-bond donors (Lipinski definition) is 1. The Morgan fingerprint density at radius 3 is 2.47 bits per heavy atom. The molecule has 0 spiro atoms. The zero-order valence-corrected chi connectivity index (χ0v) is 8.88. The summed E-state index contributed by atoms with van der Waals surface area (Å²) in [6, 6.07) is 11.0. The molecule has 0 unspecified atom stereocenters. The summed E-state index contributed by atoms with van der Waals surface area (Å²) in [6.07, 6.45) is 0. The number of hydrogen-bond acceptors (Lipinski definition) is 2. The molecule has 3 nitrogen and oxygen atoms in total. The van der Waals surface area contributed by atoms with Gasteiger partial charge in [-0.25, -0.2) is 0 Å². The molecule has 15 heavy (non-hydrogen) atoms. The zero-order chi connectivity index (χ0) is 11.3. The van der Waals surface area contributed by atoms with Crippen molar-refractivity contribution in [3.63, 3.8) is 0 Å². The van der Waals surface area contributed by atoms with Gasteiger partial charge in [-0.05, 0) is 18.1 Å². The summed E-state index contributed by atoms with van der Waals surface area (Å²) < 4.78 is 0. The summed E-state index contributed by atoms with van der Waals surface area (Å²) in [5, 5.41) is 8.83. The van der Waals surface area contributed by atoms with Crippen LogP contribution in [-0.4, -0.2) is 5.91 Å². The summed E-state index contributed by atoms with van der Waals surface area (Å²) in [5.41, 5.74) is 1.46. The molecule has 0 heterocycles. The van der Waals surface area contributed by atoms with E-state index in [1.807, 2.05) is 41.2 Å². The first kappa shape index (κ1) is 11.3. The average Bonchev–Trinajstić information content (AvgIpc) is 2.30. The van der Waals surface area contributed by atoms with Gasteiger partial charge in [-0.2, -0.15) is 5.26 Å². The van der Waals surface area contributed by atoms with Gasteiger partial charge >= 0.3 is 0 Å². The molecule has 0 aliphatic heterocycles. The predicted octanol–water partition coefficient (Wildman–Crippen LogP) is 2.25. The number of nitrogens with zero attached hydrogens (tertiary/aromatic N) is 1. The Hall–Kier alpha value is -1.79. The van der Waals surface area contributed by atoms with Crippen LogP contribution in [0.3, 0.4) is 0 Å². The number of carbonyl (C=O) groups excluding carboxylic acids is 1. The fourth-order valence-electron chi connectivity index (χ4n) is 1.18. The van der Waals surface area contributed by atoms with Crippen molar-refractivity contribution in [2.75, 3.05) is 0 Å². The molecule has 1 N–H and O–H groups in total. The van der Waals surface area contributed by atoms with Gasteiger partial charge in [-0.15, -0.1) is 0 Å². The Morgan fingerprint density at radius 1 is 1.40 bits per heavy atom. The van der Waals surface area contributed by atoms with E-state index in [1.165, 1.54) is 0 Å². The summed E-state index contributed by atoms with van der Waals surface area (Å²) >= 11 is 5.17. The van der Waals surface area contributed by atoms with Gasteiger partial charge in [0.05, 0.1) is 0 Å². The molecule has 0 aliphatic carbocycles. The van der Waals surface area contributed by atoms with E-state index in [2.05, 4.69) is 0 Å². The maximum absolute atomic E-state index is 11.2. The second kappa shape index (κ2) is 5.18. The van der Waals surface area contributed by atoms with E-state index in [-0.39, 0.29) is 5.57 Å². The van der Waals surface area contributed by atoms with Gasteiger partial charge in [-0.1, -0.05) is 30.3 Å². The van der Waals surface area contributed by atoms with Gasteiger partial charge in [0.1, 0.15) is 11.6 Å². The standard InChI is InChI=1S/C11H9ClN2O/c1-8(9-5-3-2-4-6-9)10(7-13)11(15)14-12/h2-6H,1H3,(H,14,15). The van der Waals surface area contributed by atoms with Crippen LogP contribution < -0.4 is 4.84 Å². The number of benzene rings is 1. The Balaban J connectivity index is 3.20. The normalized spacial score (nSPS) is 11.3. The third kappa shape index (κ3) is 2.58. The van der Waals surface area contributed by atoms with E-state index < -0.39 is 5.91 Å². The van der Waals surface area contributed by atoms with E-state index >= 15 is 0 Å². The van der Waals surface area contributed by atoms with Crippen molar-refractivity contribution in [1.29, 1.82) is 5.26 Å². The van der Waals surface area contributed by atoms with Crippen LogP contribution in [-0.2, 0) is 4.79 Å². The average molecular weight is 221 g/mol. The van der Waals surface area contributed by atoms with Crippen LogP contribution in [0.4, 0.5) is 0 Å². The van der Waals surface area contributed by atoms with E-state index in [9.17, 15) is 4.79 Å². The second-order valence-electron chi connectivity index (χ2n) is 2.90. The molecule has 0 fully saturated rings. The van der Waals surface area contributed by atoms with Crippen molar-refractivity contribution in [3.05, 3.63) is 41.5 Å². The lowest BCUT2D eigenvalue weighted by molar-refractivity contribution is -0.115. The van der Waals surface area contributed by atoms with Crippen LogP contribution in [0.15, 0.2) is 35.9 Å². The minimum Gasteiger partial charge on any atom is -0.267 e. The highest BCUT2D eigenvalue weighted by atomic mass is 35.5. The van der Waals surface area contributed by atoms with Crippen molar-refractivity contribution < 1.29 is 4.79 Å². The number of amides is 1. The molecule has 1 aromatic carbocycles. The Bertz CT molecular complexity index is 432. The molecule has 0 saturated heterocycles. The molecule has 0 atom stereocenters. The van der Waals surface area contributed by atoms with E-state index in [0.717, 1.165) is 5.56 Å². The van der Waals surface area contributed by atoms with Crippen LogP contribution in [0.1, 0.15) is 12.5 Å². The maximum atomic E-state index is 11.2. The Labute approximate surface area is 93.1 Å². The van der Waals surface area contributed by atoms with Gasteiger partial charge < -0.3 is 0 Å². The third-order valence-corrected chi connectivity index (χ3v) is 2.18. The largest absolute Gasteiger partial charge is 0.276 e. The molecule has 1 amide bonds. The van der Waals surface area contributed by atoms with Crippen LogP contribution in [0.25, 0.3) is 5.57 Å². The molecular weight excluding hydrogens is 212 g/mol. The lowest BCUT2D eigenvalue weighted by atomic mass is 10.0. The van der Waals surface area contributed by atoms with Gasteiger partial charge in [0.25, 0.3) is 5.91 Å². The monoisotopic (exact) mass is 220 g/mol. The smallest absolute Gasteiger partial charge is 0.267 e. The molecule has 1 rings (SSSR count). The molecule has 4 heteroatoms. The Kier molecular flexibility index (Phi) is 3.90. The first-order chi connectivity index (χ1) is 7.20. The highest BCUT2D eigenvalue weighted by Crippen LogP contribution is 2.17. The zero-order valence-electron chi connectivity index (χ0n) is 8.12. The first-order valence-corrected chi connectivity index (χ1v) is 4.66. The lowest BCUT2D eigenvalue weighted by Crippen LogP contribution is -2.15. The van der Waals surface area contributed by atoms with Gasteiger partial charge in [-0.3, -0.25) is 9.63 Å². The van der Waals surface area contributed by atoms with E-state index in [1.54, 1.807) is 6.92 Å². The van der Waals surface area contributed by atoms with Gasteiger partial charge in [0.15, 0.2) is 0 Å². The van der Waals surface area contributed by atoms with Crippen molar-refractivity contribution in [1.82, 2.24) is 4.84 Å². The fourth-order valence-corrected chi connectivity index (χ4v) is 1.28. The third-order valence-electron chi connectivity index (χ3n) is 2.01. The minimum atomic E-state index is -0.583. The summed E-state index contributed by atoms with van der Waals surface area (Å²) in [6.45, 7) is 1.71. The van der Waals surface area contributed by atoms with Crippen molar-refractivity contribution >= 4 is 23.3 Å². The van der Waals surface area contributed by atoms with Crippen LogP contribution >= 0.6 is 11.8 Å². The summed E-state index contributed by atoms with van der Waals surface area (Å²) in [7, 11) is 0. The number of rotatable bonds is 2. The topological polar surface area (TPSA) is 52.9 Å². The van der Waals surface area contributed by atoms with Crippen LogP contribution in [0.2, 0.25) is 0 Å². The predicted molar refractivity (Wildman–Crippen MR) is 58.6 cm³/mol. The maximum Gasteiger partial charge on any atom is 0.276 e. The van der Waals surface area contributed by atoms with Crippen molar-refractivity contribution in [3.8, 4) is 6.07 Å². The van der Waals surface area contributed by atoms with E-state index in [4.69, 9.17) is 17.0 Å². The highest BCUT2D eigenvalue weighted by molar-refractivity contribution is 6.25. The van der Waals surface area contributed by atoms with Crippen molar-refractivity contribution in [2.24, 2.45) is 0 Å². The molecule has 0 aromatic heterocycles. The number of halogens is 1. The summed E-state index contributed by atoms with van der Waals surface area (Å²) in [5.74, 6) is -0.583. The molecular formula is C11H9ClN2O. The van der Waals surface area contributed by atoms with Gasteiger partial charge in [0.2, 0.25) is 0 Å². The van der Waals surface area contributed by atoms with Gasteiger partial charge in [0, 0.05) is 11.8 Å². The lowest BCUT2D eigenvalue weighted by Gasteiger charge is -2.03. The molecule has 0 saturated carbocycles. The molecule has 0 radical (unpaired) electrons. The number of nitriles is 1. The molecule has 0 bridgehead atoms. The van der Waals surface area contributed by atoms with E-state index in [0.29, 0.717) is 5.57 Å². The fraction of sp³-hybridized carbons (Fsp3) is 0.0909. The molecule has 76 valence electrons. The highest BCUT2D eigenvalue weighted by Gasteiger charge is 2.12. The molecule has 1 aromatic rings. The number of allylic oxidation sites excluding steroid dienone is 1. The SMILES string of the molecule is CC(=C(C#N)C(=O)NCl)c1ccccc1. The quantitative estimate of drug-likeness (QED) is 0.472. The van der Waals surface area contributed by atoms with Crippen LogP contribution in [0, 0.1) is 11.3 Å². The number of nitrogens with one attached hydrogen (secondary N) is 1. The van der Waals surface area contributed by atoms with Crippen LogP contribution in [0.5, 0.6) is 0 Å². The first-order valence-electron chi connectivity index (χ1n) is 4.28. The molecule has 0 aliphatic rings. The minimum absolute atomic E-state index is 0.0243. The second-order valence-corrected chi connectivity index (χ2v) is 3.09. The van der Waals surface area contributed by atoms with Crippen molar-refractivity contribution in [2.45, 2.75) is 6.92 Å². The Morgan fingerprint density at radius 2 is 2.00 bits per heavy atom.